The van der Waals surface area contributed by atoms with Gasteiger partial charge < -0.3 is 10.0 Å². The van der Waals surface area contributed by atoms with Crippen molar-refractivity contribution in [3.63, 3.8) is 0 Å². The minimum Gasteiger partial charge on any atom is -0.481 e. The summed E-state index contributed by atoms with van der Waals surface area (Å²) in [7, 11) is 0. The molecule has 0 saturated carbocycles. The molecule has 1 aliphatic rings. The summed E-state index contributed by atoms with van der Waals surface area (Å²) in [5, 5.41) is 8.80. The van der Waals surface area contributed by atoms with Gasteiger partial charge in [0.25, 0.3) is 0 Å². The molecule has 0 aromatic heterocycles. The van der Waals surface area contributed by atoms with E-state index in [0.717, 1.165) is 31.4 Å². The van der Waals surface area contributed by atoms with Crippen LogP contribution < -0.4 is 0 Å². The monoisotopic (exact) mass is 275 g/mol. The molecule has 20 heavy (non-hydrogen) atoms. The number of carbonyl (C=O) groups excluding carboxylic acids is 1. The molecule has 4 heteroatoms. The minimum atomic E-state index is -0.786. The molecule has 1 atom stereocenters. The Bertz CT molecular complexity index is 458. The lowest BCUT2D eigenvalue weighted by atomic mass is 9.97. The summed E-state index contributed by atoms with van der Waals surface area (Å²) in [6, 6.07) is 9.80. The Hall–Kier alpha value is -1.84. The fraction of sp³-hybridized carbons (Fsp3) is 0.500. The fourth-order valence-electron chi connectivity index (χ4n) is 2.79. The molecule has 1 aliphatic heterocycles. The number of aliphatic carboxylic acids is 1. The van der Waals surface area contributed by atoms with Crippen LogP contribution in [0.4, 0.5) is 0 Å². The quantitative estimate of drug-likeness (QED) is 0.898. The molecule has 1 saturated heterocycles. The Morgan fingerprint density at radius 1 is 1.20 bits per heavy atom. The fourth-order valence-corrected chi connectivity index (χ4v) is 2.79. The SMILES string of the molecule is O=C(O)CC[C@H]1CCCCN1C(=O)Cc1ccccc1. The van der Waals surface area contributed by atoms with E-state index in [0.29, 0.717) is 12.8 Å². The first-order valence-corrected chi connectivity index (χ1v) is 7.22. The van der Waals surface area contributed by atoms with Crippen LogP contribution in [-0.4, -0.2) is 34.5 Å². The van der Waals surface area contributed by atoms with Gasteiger partial charge in [-0.3, -0.25) is 9.59 Å². The van der Waals surface area contributed by atoms with Crippen molar-refractivity contribution in [2.45, 2.75) is 44.6 Å². The second-order valence-corrected chi connectivity index (χ2v) is 5.33. The van der Waals surface area contributed by atoms with Gasteiger partial charge in [0.05, 0.1) is 6.42 Å². The van der Waals surface area contributed by atoms with E-state index in [2.05, 4.69) is 0 Å². The van der Waals surface area contributed by atoms with E-state index in [4.69, 9.17) is 5.11 Å². The van der Waals surface area contributed by atoms with Crippen molar-refractivity contribution in [2.75, 3.05) is 6.54 Å². The third kappa shape index (κ3) is 4.08. The highest BCUT2D eigenvalue weighted by Gasteiger charge is 2.26. The molecule has 108 valence electrons. The number of carboxylic acid groups (broad SMARTS) is 1. The van der Waals surface area contributed by atoms with Crippen LogP contribution in [0.1, 0.15) is 37.7 Å². The van der Waals surface area contributed by atoms with E-state index in [1.54, 1.807) is 0 Å². The summed E-state index contributed by atoms with van der Waals surface area (Å²) in [5.41, 5.74) is 1.01. The predicted octanol–water partition coefficient (Wildman–Crippen LogP) is 2.48. The molecule has 1 aromatic rings. The molecule has 0 spiro atoms. The number of nitrogens with zero attached hydrogens (tertiary/aromatic N) is 1. The first-order valence-electron chi connectivity index (χ1n) is 7.22. The summed E-state index contributed by atoms with van der Waals surface area (Å²) in [5.74, 6) is -0.669. The minimum absolute atomic E-state index is 0.0936. The summed E-state index contributed by atoms with van der Waals surface area (Å²) < 4.78 is 0. The van der Waals surface area contributed by atoms with Crippen LogP contribution in [0, 0.1) is 0 Å². The average Bonchev–Trinajstić information content (AvgIpc) is 2.46. The van der Waals surface area contributed by atoms with Crippen molar-refractivity contribution in [1.82, 2.24) is 4.90 Å². The Balaban J connectivity index is 1.96. The molecule has 1 heterocycles. The predicted molar refractivity (Wildman–Crippen MR) is 76.4 cm³/mol. The molecule has 1 amide bonds. The van der Waals surface area contributed by atoms with E-state index < -0.39 is 5.97 Å². The zero-order valence-electron chi connectivity index (χ0n) is 11.6. The maximum Gasteiger partial charge on any atom is 0.303 e. The van der Waals surface area contributed by atoms with E-state index in [1.807, 2.05) is 35.2 Å². The third-order valence-electron chi connectivity index (χ3n) is 3.84. The number of benzene rings is 1. The van der Waals surface area contributed by atoms with Crippen molar-refractivity contribution < 1.29 is 14.7 Å². The topological polar surface area (TPSA) is 57.6 Å². The van der Waals surface area contributed by atoms with Crippen LogP contribution >= 0.6 is 0 Å². The Kier molecular flexibility index (Phi) is 5.16. The molecule has 1 fully saturated rings. The van der Waals surface area contributed by atoms with E-state index in [9.17, 15) is 9.59 Å². The zero-order chi connectivity index (χ0) is 14.4. The van der Waals surface area contributed by atoms with Gasteiger partial charge in [0.2, 0.25) is 5.91 Å². The number of carboxylic acids is 1. The van der Waals surface area contributed by atoms with Crippen LogP contribution in [0.3, 0.4) is 0 Å². The van der Waals surface area contributed by atoms with Gasteiger partial charge in [-0.05, 0) is 31.2 Å². The Morgan fingerprint density at radius 2 is 1.95 bits per heavy atom. The summed E-state index contributed by atoms with van der Waals surface area (Å²) in [6.45, 7) is 0.760. The standard InChI is InChI=1S/C16H21NO3/c18-15(12-13-6-2-1-3-7-13)17-11-5-4-8-14(17)9-10-16(19)20/h1-3,6-7,14H,4-5,8-12H2,(H,19,20)/t14-/m1/s1. The first-order chi connectivity index (χ1) is 9.66. The average molecular weight is 275 g/mol. The van der Waals surface area contributed by atoms with E-state index >= 15 is 0 Å². The lowest BCUT2D eigenvalue weighted by Gasteiger charge is -2.35. The summed E-state index contributed by atoms with van der Waals surface area (Å²) in [4.78, 5) is 25.0. The number of rotatable bonds is 5. The van der Waals surface area contributed by atoms with Gasteiger partial charge in [-0.2, -0.15) is 0 Å². The summed E-state index contributed by atoms with van der Waals surface area (Å²) in [6.07, 6.45) is 4.14. The highest BCUT2D eigenvalue weighted by atomic mass is 16.4. The molecular formula is C16H21NO3. The number of piperidine rings is 1. The number of likely N-dealkylation sites (tertiary alicyclic amines) is 1. The summed E-state index contributed by atoms with van der Waals surface area (Å²) >= 11 is 0. The van der Waals surface area contributed by atoms with E-state index in [-0.39, 0.29) is 18.4 Å². The van der Waals surface area contributed by atoms with Crippen LogP contribution in [-0.2, 0) is 16.0 Å². The Labute approximate surface area is 119 Å². The highest BCUT2D eigenvalue weighted by Crippen LogP contribution is 2.22. The van der Waals surface area contributed by atoms with Crippen LogP contribution in [0.2, 0.25) is 0 Å². The molecule has 1 N–H and O–H groups in total. The second-order valence-electron chi connectivity index (χ2n) is 5.33. The van der Waals surface area contributed by atoms with Crippen molar-refractivity contribution in [3.8, 4) is 0 Å². The Morgan fingerprint density at radius 3 is 2.65 bits per heavy atom. The molecule has 0 unspecified atom stereocenters. The lowest BCUT2D eigenvalue weighted by molar-refractivity contribution is -0.139. The van der Waals surface area contributed by atoms with Crippen LogP contribution in [0.25, 0.3) is 0 Å². The lowest BCUT2D eigenvalue weighted by Crippen LogP contribution is -2.44. The van der Waals surface area contributed by atoms with Crippen LogP contribution in [0.15, 0.2) is 30.3 Å². The maximum absolute atomic E-state index is 12.4. The zero-order valence-corrected chi connectivity index (χ0v) is 11.6. The largest absolute Gasteiger partial charge is 0.481 e. The maximum atomic E-state index is 12.4. The van der Waals surface area contributed by atoms with Gasteiger partial charge >= 0.3 is 5.97 Å². The smallest absolute Gasteiger partial charge is 0.303 e. The third-order valence-corrected chi connectivity index (χ3v) is 3.84. The number of hydrogen-bond donors (Lipinski definition) is 1. The first kappa shape index (κ1) is 14.6. The van der Waals surface area contributed by atoms with Crippen LogP contribution in [0.5, 0.6) is 0 Å². The van der Waals surface area contributed by atoms with Crippen molar-refractivity contribution in [2.24, 2.45) is 0 Å². The van der Waals surface area contributed by atoms with Gasteiger partial charge in [-0.15, -0.1) is 0 Å². The molecule has 2 rings (SSSR count). The highest BCUT2D eigenvalue weighted by molar-refractivity contribution is 5.79. The number of hydrogen-bond acceptors (Lipinski definition) is 2. The second kappa shape index (κ2) is 7.08. The van der Waals surface area contributed by atoms with Gasteiger partial charge in [0.1, 0.15) is 0 Å². The molecule has 0 bridgehead atoms. The van der Waals surface area contributed by atoms with Crippen molar-refractivity contribution >= 4 is 11.9 Å². The van der Waals surface area contributed by atoms with Crippen molar-refractivity contribution in [1.29, 1.82) is 0 Å². The normalized spacial score (nSPS) is 18.8. The van der Waals surface area contributed by atoms with Crippen molar-refractivity contribution in [3.05, 3.63) is 35.9 Å². The molecule has 4 nitrogen and oxygen atoms in total. The molecule has 0 aliphatic carbocycles. The van der Waals surface area contributed by atoms with E-state index in [1.165, 1.54) is 0 Å². The van der Waals surface area contributed by atoms with Gasteiger partial charge in [-0.25, -0.2) is 0 Å². The van der Waals surface area contributed by atoms with Gasteiger partial charge in [0.15, 0.2) is 0 Å². The molecule has 0 radical (unpaired) electrons. The molecule has 1 aromatic carbocycles. The molecular weight excluding hydrogens is 254 g/mol. The number of amides is 1. The van der Waals surface area contributed by atoms with Gasteiger partial charge in [0, 0.05) is 19.0 Å². The van der Waals surface area contributed by atoms with Gasteiger partial charge in [-0.1, -0.05) is 30.3 Å². The number of carbonyl (C=O) groups is 2.